The molecule has 0 aliphatic carbocycles. The van der Waals surface area contributed by atoms with E-state index in [9.17, 15) is 13.6 Å². The molecule has 0 spiro atoms. The van der Waals surface area contributed by atoms with Crippen molar-refractivity contribution in [2.45, 2.75) is 24.0 Å². The third-order valence-corrected chi connectivity index (χ3v) is 4.30. The SMILES string of the molecule is Cc1cc(Cl)c(CC(=O)Nc2ccccc2SC(F)F)c(Cl)n1. The van der Waals surface area contributed by atoms with Gasteiger partial charge in [0, 0.05) is 21.2 Å². The molecule has 0 unspecified atom stereocenters. The van der Waals surface area contributed by atoms with E-state index in [0.29, 0.717) is 33.7 Å². The molecule has 0 bridgehead atoms. The number of nitrogens with one attached hydrogen (secondary N) is 1. The Labute approximate surface area is 146 Å². The van der Waals surface area contributed by atoms with Crippen molar-refractivity contribution in [2.75, 3.05) is 5.32 Å². The molecule has 1 heterocycles. The molecule has 0 aliphatic rings. The summed E-state index contributed by atoms with van der Waals surface area (Å²) in [6.45, 7) is 1.74. The van der Waals surface area contributed by atoms with Crippen molar-refractivity contribution < 1.29 is 13.6 Å². The van der Waals surface area contributed by atoms with Crippen molar-refractivity contribution >= 4 is 46.6 Å². The van der Waals surface area contributed by atoms with Crippen LogP contribution in [0.25, 0.3) is 0 Å². The topological polar surface area (TPSA) is 42.0 Å². The number of benzene rings is 1. The van der Waals surface area contributed by atoms with E-state index in [2.05, 4.69) is 10.3 Å². The van der Waals surface area contributed by atoms with Gasteiger partial charge in [-0.15, -0.1) is 0 Å². The number of carbonyl (C=O) groups is 1. The molecule has 0 radical (unpaired) electrons. The third kappa shape index (κ3) is 5.06. The fourth-order valence-corrected chi connectivity index (χ4v) is 3.16. The van der Waals surface area contributed by atoms with Crippen molar-refractivity contribution in [3.05, 3.63) is 51.8 Å². The van der Waals surface area contributed by atoms with Gasteiger partial charge in [-0.1, -0.05) is 47.1 Å². The Morgan fingerprint density at radius 2 is 2.04 bits per heavy atom. The van der Waals surface area contributed by atoms with E-state index in [4.69, 9.17) is 23.2 Å². The number of carbonyl (C=O) groups excluding carboxylic acids is 1. The van der Waals surface area contributed by atoms with Crippen LogP contribution in [0.3, 0.4) is 0 Å². The number of aryl methyl sites for hydroxylation is 1. The number of hydrogen-bond donors (Lipinski definition) is 1. The number of alkyl halides is 2. The lowest BCUT2D eigenvalue weighted by Crippen LogP contribution is -2.16. The summed E-state index contributed by atoms with van der Waals surface area (Å²) in [7, 11) is 0. The molecule has 2 aromatic rings. The number of amides is 1. The van der Waals surface area contributed by atoms with Gasteiger partial charge in [0.2, 0.25) is 5.91 Å². The number of halogens is 4. The van der Waals surface area contributed by atoms with Crippen LogP contribution in [-0.2, 0) is 11.2 Å². The van der Waals surface area contributed by atoms with Gasteiger partial charge in [0.05, 0.1) is 12.1 Å². The van der Waals surface area contributed by atoms with Crippen LogP contribution >= 0.6 is 35.0 Å². The summed E-state index contributed by atoms with van der Waals surface area (Å²) >= 11 is 12.4. The normalized spacial score (nSPS) is 10.9. The lowest BCUT2D eigenvalue weighted by Gasteiger charge is -2.11. The number of para-hydroxylation sites is 1. The maximum Gasteiger partial charge on any atom is 0.288 e. The molecule has 0 fully saturated rings. The average Bonchev–Trinajstić information content (AvgIpc) is 2.44. The summed E-state index contributed by atoms with van der Waals surface area (Å²) in [6, 6.07) is 7.95. The molecule has 3 nitrogen and oxygen atoms in total. The second-order valence-electron chi connectivity index (χ2n) is 4.61. The van der Waals surface area contributed by atoms with Crippen LogP contribution < -0.4 is 5.32 Å². The molecule has 2 rings (SSSR count). The van der Waals surface area contributed by atoms with Crippen molar-refractivity contribution in [3.63, 3.8) is 0 Å². The molecule has 1 aromatic carbocycles. The largest absolute Gasteiger partial charge is 0.325 e. The Morgan fingerprint density at radius 1 is 1.35 bits per heavy atom. The molecule has 0 saturated heterocycles. The predicted molar refractivity (Wildman–Crippen MR) is 89.6 cm³/mol. The molecule has 0 atom stereocenters. The maximum atomic E-state index is 12.5. The first-order valence-corrected chi connectivity index (χ1v) is 8.15. The summed E-state index contributed by atoms with van der Waals surface area (Å²) in [5.74, 6) is -2.99. The van der Waals surface area contributed by atoms with Crippen LogP contribution in [0, 0.1) is 6.92 Å². The molecule has 1 amide bonds. The van der Waals surface area contributed by atoms with E-state index in [0.717, 1.165) is 0 Å². The van der Waals surface area contributed by atoms with Gasteiger partial charge >= 0.3 is 0 Å². The van der Waals surface area contributed by atoms with Crippen LogP contribution in [0.15, 0.2) is 35.2 Å². The summed E-state index contributed by atoms with van der Waals surface area (Å²) in [4.78, 5) is 16.5. The van der Waals surface area contributed by atoms with Crippen molar-refractivity contribution in [3.8, 4) is 0 Å². The van der Waals surface area contributed by atoms with E-state index in [1.807, 2.05) is 0 Å². The van der Waals surface area contributed by atoms with Gasteiger partial charge in [0.25, 0.3) is 5.76 Å². The number of hydrogen-bond acceptors (Lipinski definition) is 3. The number of anilines is 1. The number of pyridine rings is 1. The highest BCUT2D eigenvalue weighted by Gasteiger charge is 2.15. The molecule has 1 aromatic heterocycles. The second-order valence-corrected chi connectivity index (χ2v) is 6.41. The van der Waals surface area contributed by atoms with E-state index >= 15 is 0 Å². The first-order valence-electron chi connectivity index (χ1n) is 6.52. The molecule has 0 saturated carbocycles. The highest BCUT2D eigenvalue weighted by Crippen LogP contribution is 2.32. The highest BCUT2D eigenvalue weighted by molar-refractivity contribution is 7.99. The van der Waals surface area contributed by atoms with E-state index in [1.165, 1.54) is 6.07 Å². The van der Waals surface area contributed by atoms with Gasteiger partial charge < -0.3 is 5.32 Å². The third-order valence-electron chi connectivity index (χ3n) is 2.86. The van der Waals surface area contributed by atoms with Crippen LogP contribution in [-0.4, -0.2) is 16.6 Å². The number of nitrogens with zero attached hydrogens (tertiary/aromatic N) is 1. The maximum absolute atomic E-state index is 12.5. The summed E-state index contributed by atoms with van der Waals surface area (Å²) < 4.78 is 25.1. The van der Waals surface area contributed by atoms with Crippen LogP contribution in [0.5, 0.6) is 0 Å². The summed E-state index contributed by atoms with van der Waals surface area (Å²) in [5, 5.41) is 3.09. The molecule has 8 heteroatoms. The van der Waals surface area contributed by atoms with Crippen LogP contribution in [0.4, 0.5) is 14.5 Å². The molecule has 122 valence electrons. The van der Waals surface area contributed by atoms with E-state index in [-0.39, 0.29) is 16.5 Å². The Bertz CT molecular complexity index is 705. The second kappa shape index (κ2) is 7.95. The first-order chi connectivity index (χ1) is 10.9. The number of thioether (sulfide) groups is 1. The van der Waals surface area contributed by atoms with Gasteiger partial charge in [-0.25, -0.2) is 4.98 Å². The zero-order valence-corrected chi connectivity index (χ0v) is 14.3. The van der Waals surface area contributed by atoms with Gasteiger partial charge in [0.1, 0.15) is 5.15 Å². The van der Waals surface area contributed by atoms with Gasteiger partial charge in [0.15, 0.2) is 0 Å². The van der Waals surface area contributed by atoms with Crippen LogP contribution in [0.1, 0.15) is 11.3 Å². The van der Waals surface area contributed by atoms with E-state index < -0.39 is 11.7 Å². The fourth-order valence-electron chi connectivity index (χ4n) is 1.90. The van der Waals surface area contributed by atoms with Crippen molar-refractivity contribution in [1.29, 1.82) is 0 Å². The Kier molecular flexibility index (Phi) is 6.21. The molecule has 23 heavy (non-hydrogen) atoms. The quantitative estimate of drug-likeness (QED) is 0.576. The Morgan fingerprint density at radius 3 is 2.70 bits per heavy atom. The monoisotopic (exact) mass is 376 g/mol. The minimum absolute atomic E-state index is 0.0986. The Hall–Kier alpha value is -1.37. The Balaban J connectivity index is 2.15. The average molecular weight is 377 g/mol. The smallest absolute Gasteiger partial charge is 0.288 e. The molecule has 0 aliphatic heterocycles. The molecular weight excluding hydrogens is 365 g/mol. The summed E-state index contributed by atoms with van der Waals surface area (Å²) in [5.41, 5.74) is 1.35. The van der Waals surface area contributed by atoms with Gasteiger partial charge in [-0.05, 0) is 25.1 Å². The molecule has 1 N–H and O–H groups in total. The predicted octanol–water partition coefficient (Wildman–Crippen LogP) is 5.19. The number of aromatic nitrogens is 1. The standard InChI is InChI=1S/C15H12Cl2F2N2OS/c1-8-6-10(16)9(14(17)20-8)7-13(22)21-11-4-2-3-5-12(11)23-15(18)19/h2-6,15H,7H2,1H3,(H,21,22). The van der Waals surface area contributed by atoms with Crippen molar-refractivity contribution in [2.24, 2.45) is 0 Å². The summed E-state index contributed by atoms with van der Waals surface area (Å²) in [6.07, 6.45) is -0.0986. The van der Waals surface area contributed by atoms with E-state index in [1.54, 1.807) is 31.2 Å². The number of rotatable bonds is 5. The fraction of sp³-hybridized carbons (Fsp3) is 0.200. The first kappa shape index (κ1) is 18.0. The zero-order valence-electron chi connectivity index (χ0n) is 11.9. The lowest BCUT2D eigenvalue weighted by molar-refractivity contribution is -0.115. The molecular formula is C15H12Cl2F2N2OS. The van der Waals surface area contributed by atoms with Crippen LogP contribution in [0.2, 0.25) is 10.2 Å². The zero-order chi connectivity index (χ0) is 17.0. The highest BCUT2D eigenvalue weighted by atomic mass is 35.5. The lowest BCUT2D eigenvalue weighted by atomic mass is 10.2. The van der Waals surface area contributed by atoms with Gasteiger partial charge in [-0.3, -0.25) is 4.79 Å². The minimum atomic E-state index is -2.57. The van der Waals surface area contributed by atoms with Crippen molar-refractivity contribution in [1.82, 2.24) is 4.98 Å². The minimum Gasteiger partial charge on any atom is -0.325 e. The van der Waals surface area contributed by atoms with Gasteiger partial charge in [-0.2, -0.15) is 8.78 Å².